The quantitative estimate of drug-likeness (QED) is 0.531. The van der Waals surface area contributed by atoms with Gasteiger partial charge in [-0.05, 0) is 32.6 Å². The molecule has 2 rings (SSSR count). The number of amides is 1. The van der Waals surface area contributed by atoms with Crippen LogP contribution in [0.3, 0.4) is 0 Å². The second-order valence-corrected chi connectivity index (χ2v) is 9.17. The highest BCUT2D eigenvalue weighted by molar-refractivity contribution is 7.89. The molecule has 1 heterocycles. The first-order valence-corrected chi connectivity index (χ1v) is 10.7. The number of carbonyl (C=O) groups is 3. The molecule has 0 bridgehead atoms. The lowest BCUT2D eigenvalue weighted by atomic mass is 10.0. The molecule has 0 aromatic heterocycles. The first-order valence-electron chi connectivity index (χ1n) is 9.18. The van der Waals surface area contributed by atoms with Crippen molar-refractivity contribution in [1.82, 2.24) is 9.62 Å². The van der Waals surface area contributed by atoms with Gasteiger partial charge in [0.05, 0.1) is 12.4 Å². The van der Waals surface area contributed by atoms with Crippen molar-refractivity contribution >= 4 is 27.7 Å². The highest BCUT2D eigenvalue weighted by Gasteiger charge is 2.42. The van der Waals surface area contributed by atoms with Crippen LogP contribution in [-0.4, -0.2) is 61.4 Å². The Balaban J connectivity index is 2.17. The Bertz CT molecular complexity index is 642. The number of nitrogens with zero attached hydrogens (tertiary/aromatic N) is 1. The highest BCUT2D eigenvalue weighted by atomic mass is 32.2. The third-order valence-electron chi connectivity index (χ3n) is 5.19. The molecule has 9 heteroatoms. The van der Waals surface area contributed by atoms with E-state index >= 15 is 0 Å². The molecule has 148 valence electrons. The Labute approximate surface area is 154 Å². The maximum atomic E-state index is 13.1. The largest absolute Gasteiger partial charge is 0.467 e. The maximum absolute atomic E-state index is 13.1. The predicted molar refractivity (Wildman–Crippen MR) is 94.8 cm³/mol. The van der Waals surface area contributed by atoms with Crippen LogP contribution >= 0.6 is 0 Å². The van der Waals surface area contributed by atoms with Crippen molar-refractivity contribution in [2.45, 2.75) is 75.6 Å². The van der Waals surface area contributed by atoms with Crippen LogP contribution in [0.5, 0.6) is 0 Å². The van der Waals surface area contributed by atoms with Crippen LogP contribution in [0, 0.1) is 0 Å². The second-order valence-electron chi connectivity index (χ2n) is 7.00. The predicted octanol–water partition coefficient (Wildman–Crippen LogP) is 0.750. The number of ketones is 1. The second kappa shape index (κ2) is 8.94. The number of hydrogen-bond donors (Lipinski definition) is 1. The van der Waals surface area contributed by atoms with Crippen molar-refractivity contribution in [3.05, 3.63) is 0 Å². The molecule has 8 nitrogen and oxygen atoms in total. The molecule has 26 heavy (non-hydrogen) atoms. The average Bonchev–Trinajstić information content (AvgIpc) is 2.65. The summed E-state index contributed by atoms with van der Waals surface area (Å²) >= 11 is 0. The van der Waals surface area contributed by atoms with Crippen molar-refractivity contribution in [1.29, 1.82) is 0 Å². The molecule has 1 amide bonds. The Morgan fingerprint density at radius 2 is 1.65 bits per heavy atom. The van der Waals surface area contributed by atoms with Crippen LogP contribution < -0.4 is 5.32 Å². The minimum Gasteiger partial charge on any atom is -0.467 e. The molecule has 2 atom stereocenters. The number of carbonyl (C=O) groups excluding carboxylic acids is 3. The van der Waals surface area contributed by atoms with Gasteiger partial charge in [0, 0.05) is 6.54 Å². The minimum absolute atomic E-state index is 0.292. The van der Waals surface area contributed by atoms with Gasteiger partial charge in [-0.1, -0.05) is 25.7 Å². The lowest BCUT2D eigenvalue weighted by Gasteiger charge is -2.37. The standard InChI is InChI=1S/C17H28N2O6S/c1-12(20)15(17(22)25-2)18-16(21)14-10-6-7-11-19(14)26(23,24)13-8-4-3-5-9-13/h13-15H,3-11H2,1-2H3,(H,18,21). The summed E-state index contributed by atoms with van der Waals surface area (Å²) in [5.74, 6) is -2.03. The molecule has 1 aliphatic heterocycles. The van der Waals surface area contributed by atoms with Crippen molar-refractivity contribution in [2.75, 3.05) is 13.7 Å². The number of rotatable bonds is 6. The molecule has 1 saturated carbocycles. The summed E-state index contributed by atoms with van der Waals surface area (Å²) in [5, 5.41) is 1.92. The van der Waals surface area contributed by atoms with Gasteiger partial charge in [-0.2, -0.15) is 4.31 Å². The number of methoxy groups -OCH3 is 1. The molecule has 2 fully saturated rings. The molecular formula is C17H28N2O6S. The summed E-state index contributed by atoms with van der Waals surface area (Å²) in [4.78, 5) is 36.0. The van der Waals surface area contributed by atoms with Gasteiger partial charge in [0.2, 0.25) is 15.9 Å². The topological polar surface area (TPSA) is 110 Å². The monoisotopic (exact) mass is 388 g/mol. The summed E-state index contributed by atoms with van der Waals surface area (Å²) in [6.45, 7) is 1.47. The molecule has 1 aliphatic carbocycles. The molecule has 2 unspecified atom stereocenters. The fourth-order valence-corrected chi connectivity index (χ4v) is 5.96. The highest BCUT2D eigenvalue weighted by Crippen LogP contribution is 2.30. The third kappa shape index (κ3) is 4.62. The van der Waals surface area contributed by atoms with E-state index in [0.717, 1.165) is 32.8 Å². The fourth-order valence-electron chi connectivity index (χ4n) is 3.71. The number of sulfonamides is 1. The van der Waals surface area contributed by atoms with Gasteiger partial charge in [0.15, 0.2) is 11.8 Å². The van der Waals surface area contributed by atoms with E-state index in [0.29, 0.717) is 32.2 Å². The van der Waals surface area contributed by atoms with Crippen molar-refractivity contribution < 1.29 is 27.5 Å². The lowest BCUT2D eigenvalue weighted by molar-refractivity contribution is -0.148. The molecule has 1 N–H and O–H groups in total. The van der Waals surface area contributed by atoms with Gasteiger partial charge in [0.1, 0.15) is 6.04 Å². The molecular weight excluding hydrogens is 360 g/mol. The first kappa shape index (κ1) is 20.8. The van der Waals surface area contributed by atoms with Crippen LogP contribution in [-0.2, 0) is 29.1 Å². The van der Waals surface area contributed by atoms with Crippen LogP contribution in [0.1, 0.15) is 58.3 Å². The van der Waals surface area contributed by atoms with E-state index in [1.807, 2.05) is 0 Å². The molecule has 0 aromatic rings. The number of Topliss-reactive ketones (excluding diaryl/α,β-unsaturated/α-hetero) is 1. The summed E-state index contributed by atoms with van der Waals surface area (Å²) in [5.41, 5.74) is 0. The number of esters is 1. The van der Waals surface area contributed by atoms with Gasteiger partial charge in [-0.25, -0.2) is 13.2 Å². The van der Waals surface area contributed by atoms with E-state index < -0.39 is 45.0 Å². The zero-order chi connectivity index (χ0) is 19.3. The SMILES string of the molecule is COC(=O)C(NC(=O)C1CCCCN1S(=O)(=O)C1CCCCC1)C(C)=O. The number of nitrogens with one attached hydrogen (secondary N) is 1. The van der Waals surface area contributed by atoms with Crippen LogP contribution in [0.2, 0.25) is 0 Å². The van der Waals surface area contributed by atoms with E-state index in [4.69, 9.17) is 0 Å². The lowest BCUT2D eigenvalue weighted by Crippen LogP contribution is -2.57. The van der Waals surface area contributed by atoms with Gasteiger partial charge in [-0.15, -0.1) is 0 Å². The van der Waals surface area contributed by atoms with Crippen LogP contribution in [0.4, 0.5) is 0 Å². The summed E-state index contributed by atoms with van der Waals surface area (Å²) in [6.07, 6.45) is 5.82. The van der Waals surface area contributed by atoms with E-state index in [9.17, 15) is 22.8 Å². The summed E-state index contributed by atoms with van der Waals surface area (Å²) in [6, 6.07) is -2.30. The number of hydrogen-bond acceptors (Lipinski definition) is 6. The number of ether oxygens (including phenoxy) is 1. The zero-order valence-electron chi connectivity index (χ0n) is 15.4. The Kier molecular flexibility index (Phi) is 7.16. The summed E-state index contributed by atoms with van der Waals surface area (Å²) < 4.78 is 31.9. The summed E-state index contributed by atoms with van der Waals surface area (Å²) in [7, 11) is -2.46. The maximum Gasteiger partial charge on any atom is 0.336 e. The van der Waals surface area contributed by atoms with E-state index in [1.54, 1.807) is 0 Å². The molecule has 0 aromatic carbocycles. The van der Waals surface area contributed by atoms with Gasteiger partial charge < -0.3 is 10.1 Å². The van der Waals surface area contributed by atoms with Crippen LogP contribution in [0.25, 0.3) is 0 Å². The van der Waals surface area contributed by atoms with E-state index in [-0.39, 0.29) is 0 Å². The smallest absolute Gasteiger partial charge is 0.336 e. The Hall–Kier alpha value is -1.48. The van der Waals surface area contributed by atoms with E-state index in [2.05, 4.69) is 10.1 Å². The minimum atomic E-state index is -3.59. The number of piperidine rings is 1. The molecule has 1 saturated heterocycles. The molecule has 2 aliphatic rings. The molecule has 0 radical (unpaired) electrons. The van der Waals surface area contributed by atoms with Crippen LogP contribution in [0.15, 0.2) is 0 Å². The van der Waals surface area contributed by atoms with Gasteiger partial charge >= 0.3 is 5.97 Å². The van der Waals surface area contributed by atoms with Crippen molar-refractivity contribution in [3.63, 3.8) is 0 Å². The van der Waals surface area contributed by atoms with Crippen molar-refractivity contribution in [3.8, 4) is 0 Å². The first-order chi connectivity index (χ1) is 12.3. The third-order valence-corrected chi connectivity index (χ3v) is 7.59. The van der Waals surface area contributed by atoms with E-state index in [1.165, 1.54) is 11.2 Å². The fraction of sp³-hybridized carbons (Fsp3) is 0.824. The normalized spacial score (nSPS) is 23.8. The van der Waals surface area contributed by atoms with Gasteiger partial charge in [0.25, 0.3) is 0 Å². The zero-order valence-corrected chi connectivity index (χ0v) is 16.2. The Morgan fingerprint density at radius 1 is 1.04 bits per heavy atom. The van der Waals surface area contributed by atoms with Gasteiger partial charge in [-0.3, -0.25) is 9.59 Å². The average molecular weight is 388 g/mol. The molecule has 0 spiro atoms. The Morgan fingerprint density at radius 3 is 2.23 bits per heavy atom. The van der Waals surface area contributed by atoms with Crippen molar-refractivity contribution in [2.24, 2.45) is 0 Å².